The van der Waals surface area contributed by atoms with Crippen LogP contribution in [0.1, 0.15) is 10.4 Å². The summed E-state index contributed by atoms with van der Waals surface area (Å²) in [5, 5.41) is 0. The van der Waals surface area contributed by atoms with Gasteiger partial charge in [0.15, 0.2) is 0 Å². The van der Waals surface area contributed by atoms with Crippen molar-refractivity contribution < 1.29 is 9.53 Å². The number of nitrogens with two attached hydrogens (primary N) is 1. The van der Waals surface area contributed by atoms with Gasteiger partial charge in [0.2, 0.25) is 0 Å². The molecule has 6 heteroatoms. The fourth-order valence-electron chi connectivity index (χ4n) is 0.911. The number of hydrogen-bond acceptors (Lipinski definition) is 3. The molecule has 3 nitrogen and oxygen atoms in total. The number of methoxy groups -OCH3 is 1. The highest BCUT2D eigenvalue weighted by Gasteiger charge is 2.19. The standard InChI is InChI=1S/C8H6Br3NO2/c1-14-8(13)5-6(11)3(9)2-4(10)7(5)12/h2H,12H2,1H3. The molecular weight excluding hydrogens is 382 g/mol. The van der Waals surface area contributed by atoms with E-state index in [2.05, 4.69) is 52.5 Å². The fourth-order valence-corrected chi connectivity index (χ4v) is 2.56. The first kappa shape index (κ1) is 12.0. The van der Waals surface area contributed by atoms with Gasteiger partial charge in [0.05, 0.1) is 18.4 Å². The van der Waals surface area contributed by atoms with Crippen molar-refractivity contribution in [3.8, 4) is 0 Å². The number of carbonyl (C=O) groups is 1. The van der Waals surface area contributed by atoms with Gasteiger partial charge in [-0.2, -0.15) is 0 Å². The topological polar surface area (TPSA) is 52.3 Å². The number of rotatable bonds is 1. The zero-order valence-corrected chi connectivity index (χ0v) is 11.9. The molecule has 1 aromatic rings. The van der Waals surface area contributed by atoms with Crippen LogP contribution in [0.3, 0.4) is 0 Å². The van der Waals surface area contributed by atoms with Crippen LogP contribution in [0.25, 0.3) is 0 Å². The molecule has 0 bridgehead atoms. The number of esters is 1. The van der Waals surface area contributed by atoms with Crippen LogP contribution in [0.4, 0.5) is 5.69 Å². The summed E-state index contributed by atoms with van der Waals surface area (Å²) in [6, 6.07) is 1.76. The first-order chi connectivity index (χ1) is 6.49. The van der Waals surface area contributed by atoms with Crippen LogP contribution in [-0.4, -0.2) is 13.1 Å². The SMILES string of the molecule is COC(=O)c1c(N)c(Br)cc(Br)c1Br. The Balaban J connectivity index is 3.47. The Bertz CT molecular complexity index is 366. The molecule has 0 aliphatic rings. The van der Waals surface area contributed by atoms with Crippen molar-refractivity contribution in [2.45, 2.75) is 0 Å². The van der Waals surface area contributed by atoms with Crippen molar-refractivity contribution in [2.75, 3.05) is 12.8 Å². The lowest BCUT2D eigenvalue weighted by Crippen LogP contribution is -2.07. The minimum absolute atomic E-state index is 0.314. The average molecular weight is 388 g/mol. The molecule has 0 heterocycles. The van der Waals surface area contributed by atoms with Crippen molar-refractivity contribution in [1.29, 1.82) is 0 Å². The third kappa shape index (κ3) is 2.12. The van der Waals surface area contributed by atoms with E-state index in [0.29, 0.717) is 20.2 Å². The van der Waals surface area contributed by atoms with Crippen molar-refractivity contribution in [2.24, 2.45) is 0 Å². The van der Waals surface area contributed by atoms with Gasteiger partial charge in [-0.05, 0) is 53.9 Å². The lowest BCUT2D eigenvalue weighted by atomic mass is 10.2. The van der Waals surface area contributed by atoms with Crippen LogP contribution in [0, 0.1) is 0 Å². The largest absolute Gasteiger partial charge is 0.465 e. The quantitative estimate of drug-likeness (QED) is 0.457. The Hall–Kier alpha value is -0.0700. The van der Waals surface area contributed by atoms with Gasteiger partial charge >= 0.3 is 5.97 Å². The number of halogens is 3. The Kier molecular flexibility index (Phi) is 3.97. The highest BCUT2D eigenvalue weighted by atomic mass is 79.9. The van der Waals surface area contributed by atoms with Crippen LogP contribution in [-0.2, 0) is 4.74 Å². The molecule has 1 aromatic carbocycles. The summed E-state index contributed by atoms with van der Waals surface area (Å²) in [4.78, 5) is 11.4. The summed E-state index contributed by atoms with van der Waals surface area (Å²) in [6.45, 7) is 0. The van der Waals surface area contributed by atoms with E-state index in [1.54, 1.807) is 6.07 Å². The monoisotopic (exact) mass is 385 g/mol. The molecule has 0 unspecified atom stereocenters. The van der Waals surface area contributed by atoms with E-state index < -0.39 is 5.97 Å². The highest BCUT2D eigenvalue weighted by molar-refractivity contribution is 9.13. The van der Waals surface area contributed by atoms with Crippen LogP contribution in [0.2, 0.25) is 0 Å². The van der Waals surface area contributed by atoms with Gasteiger partial charge in [-0.3, -0.25) is 0 Å². The van der Waals surface area contributed by atoms with Crippen LogP contribution in [0.5, 0.6) is 0 Å². The molecule has 0 aliphatic carbocycles. The van der Waals surface area contributed by atoms with Crippen molar-refractivity contribution >= 4 is 59.4 Å². The normalized spacial score (nSPS) is 10.0. The Morgan fingerprint density at radius 1 is 1.36 bits per heavy atom. The molecule has 0 fully saturated rings. The Morgan fingerprint density at radius 3 is 2.43 bits per heavy atom. The number of ether oxygens (including phenoxy) is 1. The summed E-state index contributed by atoms with van der Waals surface area (Å²) in [7, 11) is 1.31. The maximum absolute atomic E-state index is 11.4. The Labute approximate surface area is 106 Å². The lowest BCUT2D eigenvalue weighted by Gasteiger charge is -2.09. The van der Waals surface area contributed by atoms with Gasteiger partial charge in [-0.15, -0.1) is 0 Å². The number of benzene rings is 1. The second kappa shape index (κ2) is 4.63. The Morgan fingerprint density at radius 2 is 1.93 bits per heavy atom. The summed E-state index contributed by atoms with van der Waals surface area (Å²) in [5.41, 5.74) is 6.40. The molecule has 1 rings (SSSR count). The molecular formula is C8H6Br3NO2. The van der Waals surface area contributed by atoms with Crippen LogP contribution >= 0.6 is 47.8 Å². The molecule has 0 aromatic heterocycles. The third-order valence-corrected chi connectivity index (χ3v) is 4.24. The number of hydrogen-bond donors (Lipinski definition) is 1. The number of carbonyl (C=O) groups excluding carboxylic acids is 1. The van der Waals surface area contributed by atoms with Gasteiger partial charge < -0.3 is 10.5 Å². The average Bonchev–Trinajstić information content (AvgIpc) is 2.15. The minimum Gasteiger partial charge on any atom is -0.465 e. The third-order valence-electron chi connectivity index (χ3n) is 1.60. The second-order valence-corrected chi connectivity index (χ2v) is 4.94. The van der Waals surface area contributed by atoms with Crippen molar-refractivity contribution in [1.82, 2.24) is 0 Å². The van der Waals surface area contributed by atoms with Crippen LogP contribution in [0.15, 0.2) is 19.5 Å². The molecule has 0 spiro atoms. The molecule has 0 saturated heterocycles. The van der Waals surface area contributed by atoms with Crippen LogP contribution < -0.4 is 5.73 Å². The van der Waals surface area contributed by atoms with E-state index in [4.69, 9.17) is 5.73 Å². The van der Waals surface area contributed by atoms with Gasteiger partial charge in [0.25, 0.3) is 0 Å². The van der Waals surface area contributed by atoms with Gasteiger partial charge in [0.1, 0.15) is 0 Å². The predicted octanol–water partition coefficient (Wildman–Crippen LogP) is 3.34. The highest BCUT2D eigenvalue weighted by Crippen LogP contribution is 2.36. The number of nitrogen functional groups attached to an aromatic ring is 1. The zero-order chi connectivity index (χ0) is 10.9. The van der Waals surface area contributed by atoms with E-state index >= 15 is 0 Å². The maximum atomic E-state index is 11.4. The number of anilines is 1. The molecule has 0 saturated carbocycles. The first-order valence-electron chi connectivity index (χ1n) is 3.50. The molecule has 0 radical (unpaired) electrons. The molecule has 2 N–H and O–H groups in total. The maximum Gasteiger partial charge on any atom is 0.341 e. The predicted molar refractivity (Wildman–Crippen MR) is 65.3 cm³/mol. The van der Waals surface area contributed by atoms with Crippen molar-refractivity contribution in [3.05, 3.63) is 25.0 Å². The van der Waals surface area contributed by atoms with E-state index in [9.17, 15) is 4.79 Å². The minimum atomic E-state index is -0.476. The second-order valence-electron chi connectivity index (χ2n) is 2.43. The molecule has 0 atom stereocenters. The summed E-state index contributed by atoms with van der Waals surface area (Å²) < 4.78 is 6.59. The molecule has 76 valence electrons. The molecule has 0 amide bonds. The summed E-state index contributed by atoms with van der Waals surface area (Å²) in [5.74, 6) is -0.476. The smallest absolute Gasteiger partial charge is 0.341 e. The zero-order valence-electron chi connectivity index (χ0n) is 7.11. The lowest BCUT2D eigenvalue weighted by molar-refractivity contribution is 0.0601. The van der Waals surface area contributed by atoms with Gasteiger partial charge in [-0.25, -0.2) is 4.79 Å². The fraction of sp³-hybridized carbons (Fsp3) is 0.125. The van der Waals surface area contributed by atoms with Crippen molar-refractivity contribution in [3.63, 3.8) is 0 Å². The van der Waals surface area contributed by atoms with E-state index in [0.717, 1.165) is 4.47 Å². The van der Waals surface area contributed by atoms with E-state index in [1.165, 1.54) is 7.11 Å². The summed E-state index contributed by atoms with van der Waals surface area (Å²) in [6.07, 6.45) is 0. The molecule has 0 aliphatic heterocycles. The van der Waals surface area contributed by atoms with E-state index in [1.807, 2.05) is 0 Å². The van der Waals surface area contributed by atoms with E-state index in [-0.39, 0.29) is 0 Å². The first-order valence-corrected chi connectivity index (χ1v) is 5.88. The molecule has 14 heavy (non-hydrogen) atoms. The summed E-state index contributed by atoms with van der Waals surface area (Å²) >= 11 is 9.79. The van der Waals surface area contributed by atoms with Gasteiger partial charge in [-0.1, -0.05) is 0 Å². The van der Waals surface area contributed by atoms with Gasteiger partial charge in [0, 0.05) is 13.4 Å².